The summed E-state index contributed by atoms with van der Waals surface area (Å²) in [7, 11) is 1.41. The molecule has 0 saturated carbocycles. The second-order valence-electron chi connectivity index (χ2n) is 4.29. The molecule has 2 aliphatic rings. The Labute approximate surface area is 95.6 Å². The van der Waals surface area contributed by atoms with E-state index in [0.717, 1.165) is 32.7 Å². The molecule has 0 spiro atoms. The lowest BCUT2D eigenvalue weighted by molar-refractivity contribution is -0.146. The number of hydrogen-bond donors (Lipinski definition) is 0. The van der Waals surface area contributed by atoms with Crippen molar-refractivity contribution in [3.8, 4) is 0 Å². The van der Waals surface area contributed by atoms with Gasteiger partial charge in [0.1, 0.15) is 0 Å². The van der Waals surface area contributed by atoms with Crippen LogP contribution in [0.2, 0.25) is 0 Å². The van der Waals surface area contributed by atoms with Gasteiger partial charge in [0.15, 0.2) is 0 Å². The van der Waals surface area contributed by atoms with Crippen molar-refractivity contribution in [2.45, 2.75) is 25.0 Å². The third kappa shape index (κ3) is 2.93. The lowest BCUT2D eigenvalue weighted by Crippen LogP contribution is -2.48. The van der Waals surface area contributed by atoms with E-state index in [1.165, 1.54) is 7.11 Å². The first-order valence-corrected chi connectivity index (χ1v) is 5.80. The lowest BCUT2D eigenvalue weighted by atomic mass is 10.1. The minimum Gasteiger partial charge on any atom is -0.469 e. The Morgan fingerprint density at radius 2 is 2.38 bits per heavy atom. The average molecular weight is 229 g/mol. The van der Waals surface area contributed by atoms with Crippen LogP contribution in [-0.2, 0) is 19.0 Å². The molecule has 0 bridgehead atoms. The van der Waals surface area contributed by atoms with E-state index in [4.69, 9.17) is 9.47 Å². The average Bonchev–Trinajstić information content (AvgIpc) is 2.83. The van der Waals surface area contributed by atoms with E-state index < -0.39 is 0 Å². The van der Waals surface area contributed by atoms with Gasteiger partial charge in [-0.05, 0) is 6.42 Å². The topological polar surface area (TPSA) is 48.0 Å². The van der Waals surface area contributed by atoms with Gasteiger partial charge in [-0.1, -0.05) is 0 Å². The van der Waals surface area contributed by atoms with Crippen LogP contribution >= 0.6 is 0 Å². The van der Waals surface area contributed by atoms with Crippen molar-refractivity contribution >= 4 is 5.97 Å². The van der Waals surface area contributed by atoms with Crippen LogP contribution in [0, 0.1) is 0 Å². The number of methoxy groups -OCH3 is 1. The highest BCUT2D eigenvalue weighted by Gasteiger charge is 2.29. The third-order valence-electron chi connectivity index (χ3n) is 3.21. The lowest BCUT2D eigenvalue weighted by Gasteiger charge is -2.35. The fourth-order valence-corrected chi connectivity index (χ4v) is 2.28. The van der Waals surface area contributed by atoms with Gasteiger partial charge in [-0.15, -0.1) is 0 Å². The summed E-state index contributed by atoms with van der Waals surface area (Å²) in [5.41, 5.74) is 0. The van der Waals surface area contributed by atoms with E-state index in [0.29, 0.717) is 19.1 Å². The van der Waals surface area contributed by atoms with Crippen LogP contribution < -0.4 is 0 Å². The van der Waals surface area contributed by atoms with Crippen LogP contribution in [0.1, 0.15) is 12.8 Å². The predicted molar refractivity (Wildman–Crippen MR) is 57.2 cm³/mol. The standard InChI is InChI=1S/C11H19NO4/c1-14-11(13)6-10-7-12(3-5-16-10)9-2-4-15-8-9/h9-10H,2-8H2,1H3. The molecular weight excluding hydrogens is 210 g/mol. The number of morpholine rings is 1. The number of esters is 1. The quantitative estimate of drug-likeness (QED) is 0.639. The van der Waals surface area contributed by atoms with Gasteiger partial charge in [0.2, 0.25) is 0 Å². The first-order chi connectivity index (χ1) is 7.79. The van der Waals surface area contributed by atoms with Crippen molar-refractivity contribution in [3.63, 3.8) is 0 Å². The van der Waals surface area contributed by atoms with E-state index in [9.17, 15) is 4.79 Å². The van der Waals surface area contributed by atoms with Crippen LogP contribution in [0.15, 0.2) is 0 Å². The van der Waals surface area contributed by atoms with Crippen LogP contribution in [0.5, 0.6) is 0 Å². The van der Waals surface area contributed by atoms with Crippen molar-refractivity contribution in [1.29, 1.82) is 0 Å². The first kappa shape index (κ1) is 11.8. The maximum absolute atomic E-state index is 11.2. The highest BCUT2D eigenvalue weighted by molar-refractivity contribution is 5.69. The Hall–Kier alpha value is -0.650. The minimum atomic E-state index is -0.200. The molecule has 2 saturated heterocycles. The molecule has 16 heavy (non-hydrogen) atoms. The maximum atomic E-state index is 11.2. The van der Waals surface area contributed by atoms with Crippen LogP contribution in [0.4, 0.5) is 0 Å². The van der Waals surface area contributed by atoms with Gasteiger partial charge in [-0.2, -0.15) is 0 Å². The van der Waals surface area contributed by atoms with Gasteiger partial charge in [0.25, 0.3) is 0 Å². The number of nitrogens with zero attached hydrogens (tertiary/aromatic N) is 1. The Kier molecular flexibility index (Phi) is 4.15. The number of hydrogen-bond acceptors (Lipinski definition) is 5. The van der Waals surface area contributed by atoms with E-state index in [1.54, 1.807) is 0 Å². The fraction of sp³-hybridized carbons (Fsp3) is 0.909. The zero-order valence-electron chi connectivity index (χ0n) is 9.68. The molecular formula is C11H19NO4. The van der Waals surface area contributed by atoms with E-state index in [-0.39, 0.29) is 12.1 Å². The van der Waals surface area contributed by atoms with Crippen molar-refractivity contribution in [2.24, 2.45) is 0 Å². The summed E-state index contributed by atoms with van der Waals surface area (Å²) >= 11 is 0. The maximum Gasteiger partial charge on any atom is 0.308 e. The Morgan fingerprint density at radius 3 is 3.06 bits per heavy atom. The number of carbonyl (C=O) groups excluding carboxylic acids is 1. The molecule has 2 atom stereocenters. The predicted octanol–water partition coefficient (Wildman–Crippen LogP) is 0.0392. The van der Waals surface area contributed by atoms with Crippen molar-refractivity contribution in [2.75, 3.05) is 40.0 Å². The molecule has 0 amide bonds. The summed E-state index contributed by atoms with van der Waals surface area (Å²) < 4.78 is 15.6. The smallest absolute Gasteiger partial charge is 0.308 e. The zero-order valence-corrected chi connectivity index (χ0v) is 9.68. The van der Waals surface area contributed by atoms with Crippen LogP contribution in [0.3, 0.4) is 0 Å². The SMILES string of the molecule is COC(=O)CC1CN(C2CCOC2)CCO1. The number of rotatable bonds is 3. The normalized spacial score (nSPS) is 31.6. The molecule has 0 N–H and O–H groups in total. The summed E-state index contributed by atoms with van der Waals surface area (Å²) in [5, 5.41) is 0. The minimum absolute atomic E-state index is 0.0261. The molecule has 0 aliphatic carbocycles. The summed E-state index contributed by atoms with van der Waals surface area (Å²) in [5.74, 6) is -0.200. The number of carbonyl (C=O) groups is 1. The fourth-order valence-electron chi connectivity index (χ4n) is 2.28. The Bertz CT molecular complexity index is 240. The Morgan fingerprint density at radius 1 is 1.50 bits per heavy atom. The highest BCUT2D eigenvalue weighted by Crippen LogP contribution is 2.17. The summed E-state index contributed by atoms with van der Waals surface area (Å²) in [4.78, 5) is 13.5. The van der Waals surface area contributed by atoms with Gasteiger partial charge < -0.3 is 14.2 Å². The highest BCUT2D eigenvalue weighted by atomic mass is 16.5. The molecule has 0 radical (unpaired) electrons. The summed E-state index contributed by atoms with van der Waals surface area (Å²) in [6.45, 7) is 4.10. The molecule has 0 aromatic rings. The van der Waals surface area contributed by atoms with E-state index >= 15 is 0 Å². The Balaban J connectivity index is 1.81. The molecule has 2 aliphatic heterocycles. The van der Waals surface area contributed by atoms with Crippen LogP contribution in [0.25, 0.3) is 0 Å². The molecule has 0 aromatic heterocycles. The molecule has 5 nitrogen and oxygen atoms in total. The van der Waals surface area contributed by atoms with Gasteiger partial charge in [-0.25, -0.2) is 0 Å². The molecule has 2 unspecified atom stereocenters. The molecule has 5 heteroatoms. The second kappa shape index (κ2) is 5.61. The van der Waals surface area contributed by atoms with E-state index in [2.05, 4.69) is 9.64 Å². The molecule has 2 heterocycles. The third-order valence-corrected chi connectivity index (χ3v) is 3.21. The second-order valence-corrected chi connectivity index (χ2v) is 4.29. The van der Waals surface area contributed by atoms with Crippen LogP contribution in [-0.4, -0.2) is 63.0 Å². The van der Waals surface area contributed by atoms with Crippen molar-refractivity contribution < 1.29 is 19.0 Å². The molecule has 92 valence electrons. The zero-order chi connectivity index (χ0) is 11.4. The van der Waals surface area contributed by atoms with Gasteiger partial charge in [0.05, 0.1) is 32.8 Å². The summed E-state index contributed by atoms with van der Waals surface area (Å²) in [6, 6.07) is 0.504. The first-order valence-electron chi connectivity index (χ1n) is 5.80. The van der Waals surface area contributed by atoms with E-state index in [1.807, 2.05) is 0 Å². The summed E-state index contributed by atoms with van der Waals surface area (Å²) in [6.07, 6.45) is 1.41. The van der Waals surface area contributed by atoms with Crippen molar-refractivity contribution in [1.82, 2.24) is 4.90 Å². The molecule has 2 fully saturated rings. The van der Waals surface area contributed by atoms with Crippen molar-refractivity contribution in [3.05, 3.63) is 0 Å². The molecule has 0 aromatic carbocycles. The van der Waals surface area contributed by atoms with Gasteiger partial charge in [-0.3, -0.25) is 9.69 Å². The molecule has 2 rings (SSSR count). The largest absolute Gasteiger partial charge is 0.469 e. The number of ether oxygens (including phenoxy) is 3. The van der Waals surface area contributed by atoms with Gasteiger partial charge in [0, 0.05) is 25.7 Å². The monoisotopic (exact) mass is 229 g/mol. The van der Waals surface area contributed by atoms with Gasteiger partial charge >= 0.3 is 5.97 Å².